The number of anilines is 1. The molecule has 0 saturated carbocycles. The Bertz CT molecular complexity index is 657. The van der Waals surface area contributed by atoms with Crippen molar-refractivity contribution in [3.05, 3.63) is 52.0 Å². The molecule has 0 amide bonds. The molecule has 2 aromatic rings. The van der Waals surface area contributed by atoms with Gasteiger partial charge in [0.2, 0.25) is 0 Å². The number of aromatic hydroxyl groups is 1. The van der Waals surface area contributed by atoms with Gasteiger partial charge in [0.15, 0.2) is 5.75 Å². The van der Waals surface area contributed by atoms with E-state index < -0.39 is 0 Å². The van der Waals surface area contributed by atoms with Crippen LogP contribution in [0.25, 0.3) is 0 Å². The van der Waals surface area contributed by atoms with E-state index in [0.29, 0.717) is 12.2 Å². The lowest BCUT2D eigenvalue weighted by Gasteiger charge is -2.12. The number of phenolic OH excluding ortho intramolecular Hbond substituents is 1. The summed E-state index contributed by atoms with van der Waals surface area (Å²) in [5.74, 6) is 3.03. The highest BCUT2D eigenvalue weighted by molar-refractivity contribution is 6.37. The second-order valence-electron chi connectivity index (χ2n) is 4.24. The van der Waals surface area contributed by atoms with Crippen LogP contribution in [0.3, 0.4) is 0 Å². The summed E-state index contributed by atoms with van der Waals surface area (Å²) in [4.78, 5) is 0. The van der Waals surface area contributed by atoms with Gasteiger partial charge in [0.25, 0.3) is 0 Å². The van der Waals surface area contributed by atoms with Crippen molar-refractivity contribution >= 4 is 28.9 Å². The lowest BCUT2D eigenvalue weighted by molar-refractivity contribution is 0.366. The predicted molar refractivity (Wildman–Crippen MR) is 86.2 cm³/mol. The van der Waals surface area contributed by atoms with Gasteiger partial charge in [-0.25, -0.2) is 0 Å². The van der Waals surface area contributed by atoms with Crippen molar-refractivity contribution in [1.29, 1.82) is 0 Å². The molecule has 3 nitrogen and oxygen atoms in total. The monoisotopic (exact) mass is 321 g/mol. The van der Waals surface area contributed by atoms with Crippen molar-refractivity contribution < 1.29 is 9.84 Å². The van der Waals surface area contributed by atoms with Crippen molar-refractivity contribution in [2.75, 3.05) is 11.9 Å². The molecule has 2 aromatic carbocycles. The molecule has 0 bridgehead atoms. The van der Waals surface area contributed by atoms with Gasteiger partial charge in [0.1, 0.15) is 12.4 Å². The van der Waals surface area contributed by atoms with Gasteiger partial charge in [0.05, 0.1) is 10.0 Å². The lowest BCUT2D eigenvalue weighted by atomic mass is 10.2. The summed E-state index contributed by atoms with van der Waals surface area (Å²) < 4.78 is 5.47. The average molecular weight is 322 g/mol. The normalized spacial score (nSPS) is 9.95. The van der Waals surface area contributed by atoms with Gasteiger partial charge in [-0.1, -0.05) is 47.3 Å². The van der Waals surface area contributed by atoms with Crippen molar-refractivity contribution in [1.82, 2.24) is 0 Å². The number of hydrogen-bond acceptors (Lipinski definition) is 3. The first kappa shape index (κ1) is 15.4. The average Bonchev–Trinajstić information content (AvgIpc) is 2.49. The van der Waals surface area contributed by atoms with Crippen molar-refractivity contribution in [3.8, 4) is 23.8 Å². The Balaban J connectivity index is 2.12. The summed E-state index contributed by atoms with van der Waals surface area (Å²) in [7, 11) is 0. The third kappa shape index (κ3) is 3.98. The molecule has 0 saturated heterocycles. The highest BCUT2D eigenvalue weighted by atomic mass is 35.5. The Morgan fingerprint density at radius 2 is 1.86 bits per heavy atom. The molecule has 5 heteroatoms. The van der Waals surface area contributed by atoms with Crippen LogP contribution in [0, 0.1) is 12.3 Å². The molecule has 0 aromatic heterocycles. The highest BCUT2D eigenvalue weighted by Crippen LogP contribution is 2.34. The van der Waals surface area contributed by atoms with Crippen LogP contribution >= 0.6 is 23.2 Å². The summed E-state index contributed by atoms with van der Waals surface area (Å²) in [6, 6.07) is 10.8. The second kappa shape index (κ2) is 7.12. The Morgan fingerprint density at radius 1 is 1.19 bits per heavy atom. The van der Waals surface area contributed by atoms with Crippen LogP contribution in [0.4, 0.5) is 5.69 Å². The zero-order chi connectivity index (χ0) is 15.2. The lowest BCUT2D eigenvalue weighted by Crippen LogP contribution is -2.03. The van der Waals surface area contributed by atoms with E-state index in [-0.39, 0.29) is 22.4 Å². The molecule has 0 spiro atoms. The number of hydrogen-bond donors (Lipinski definition) is 2. The quantitative estimate of drug-likeness (QED) is 0.636. The maximum absolute atomic E-state index is 9.53. The van der Waals surface area contributed by atoms with E-state index in [9.17, 15) is 5.11 Å². The van der Waals surface area contributed by atoms with Gasteiger partial charge in [-0.05, 0) is 18.2 Å². The van der Waals surface area contributed by atoms with Gasteiger partial charge in [0, 0.05) is 17.8 Å². The summed E-state index contributed by atoms with van der Waals surface area (Å²) in [5.41, 5.74) is 1.66. The van der Waals surface area contributed by atoms with E-state index in [1.165, 1.54) is 0 Å². The van der Waals surface area contributed by atoms with Crippen LogP contribution in [0.1, 0.15) is 5.56 Å². The molecule has 0 fully saturated rings. The SMILES string of the molecule is C#CCOc1ccccc1CNc1cc(Cl)c(O)c(Cl)c1. The Morgan fingerprint density at radius 3 is 2.52 bits per heavy atom. The number of nitrogens with one attached hydrogen (secondary N) is 1. The fourth-order valence-corrected chi connectivity index (χ4v) is 2.26. The standard InChI is InChI=1S/C16H13Cl2NO2/c1-2-7-21-15-6-4-3-5-11(15)10-19-12-8-13(17)16(20)14(18)9-12/h1,3-6,8-9,19-20H,7,10H2. The minimum atomic E-state index is -0.123. The minimum absolute atomic E-state index is 0.123. The molecular weight excluding hydrogens is 309 g/mol. The number of para-hydroxylation sites is 1. The van der Waals surface area contributed by atoms with Gasteiger partial charge >= 0.3 is 0 Å². The Hall–Kier alpha value is -2.02. The van der Waals surface area contributed by atoms with Crippen LogP contribution < -0.4 is 10.1 Å². The molecule has 0 unspecified atom stereocenters. The van der Waals surface area contributed by atoms with Gasteiger partial charge in [-0.3, -0.25) is 0 Å². The first-order valence-electron chi connectivity index (χ1n) is 6.18. The van der Waals surface area contributed by atoms with Gasteiger partial charge in [-0.2, -0.15) is 0 Å². The molecule has 0 radical (unpaired) electrons. The maximum atomic E-state index is 9.53. The summed E-state index contributed by atoms with van der Waals surface area (Å²) in [5, 5.41) is 13.1. The summed E-state index contributed by atoms with van der Waals surface area (Å²) in [6.07, 6.45) is 5.20. The van der Waals surface area contributed by atoms with Crippen LogP contribution in [0.5, 0.6) is 11.5 Å². The van der Waals surface area contributed by atoms with Crippen LogP contribution in [-0.4, -0.2) is 11.7 Å². The smallest absolute Gasteiger partial charge is 0.152 e. The first-order chi connectivity index (χ1) is 10.1. The maximum Gasteiger partial charge on any atom is 0.152 e. The summed E-state index contributed by atoms with van der Waals surface area (Å²) >= 11 is 11.8. The predicted octanol–water partition coefficient (Wildman–Crippen LogP) is 4.32. The molecule has 0 aliphatic heterocycles. The molecule has 108 valence electrons. The number of halogens is 2. The number of ether oxygens (including phenoxy) is 1. The first-order valence-corrected chi connectivity index (χ1v) is 6.93. The largest absolute Gasteiger partial charge is 0.505 e. The third-order valence-electron chi connectivity index (χ3n) is 2.78. The highest BCUT2D eigenvalue weighted by Gasteiger charge is 2.07. The second-order valence-corrected chi connectivity index (χ2v) is 5.06. The molecule has 0 aliphatic carbocycles. The van der Waals surface area contributed by atoms with E-state index in [1.807, 2.05) is 24.3 Å². The van der Waals surface area contributed by atoms with Crippen LogP contribution in [0.2, 0.25) is 10.0 Å². The minimum Gasteiger partial charge on any atom is -0.505 e. The molecule has 21 heavy (non-hydrogen) atoms. The number of terminal acetylenes is 1. The topological polar surface area (TPSA) is 41.5 Å². The third-order valence-corrected chi connectivity index (χ3v) is 3.36. The molecular formula is C16H13Cl2NO2. The van der Waals surface area contributed by atoms with Gasteiger partial charge < -0.3 is 15.2 Å². The zero-order valence-electron chi connectivity index (χ0n) is 11.1. The number of phenols is 1. The number of benzene rings is 2. The molecule has 2 rings (SSSR count). The van der Waals surface area contributed by atoms with Crippen molar-refractivity contribution in [3.63, 3.8) is 0 Å². The van der Waals surface area contributed by atoms with Crippen molar-refractivity contribution in [2.24, 2.45) is 0 Å². The number of rotatable bonds is 5. The van der Waals surface area contributed by atoms with Crippen LogP contribution in [-0.2, 0) is 6.54 Å². The van der Waals surface area contributed by atoms with E-state index in [4.69, 9.17) is 34.4 Å². The molecule has 2 N–H and O–H groups in total. The van der Waals surface area contributed by atoms with Crippen molar-refractivity contribution in [2.45, 2.75) is 6.54 Å². The van der Waals surface area contributed by atoms with E-state index in [0.717, 1.165) is 11.3 Å². The molecule has 0 heterocycles. The Labute approximate surface area is 133 Å². The molecule has 0 atom stereocenters. The van der Waals surface area contributed by atoms with Gasteiger partial charge in [-0.15, -0.1) is 6.42 Å². The van der Waals surface area contributed by atoms with E-state index in [2.05, 4.69) is 11.2 Å². The fourth-order valence-electron chi connectivity index (χ4n) is 1.77. The summed E-state index contributed by atoms with van der Waals surface area (Å²) in [6.45, 7) is 0.728. The van der Waals surface area contributed by atoms with E-state index >= 15 is 0 Å². The fraction of sp³-hybridized carbons (Fsp3) is 0.125. The molecule has 0 aliphatic rings. The van der Waals surface area contributed by atoms with Crippen LogP contribution in [0.15, 0.2) is 36.4 Å². The zero-order valence-corrected chi connectivity index (χ0v) is 12.6. The Kier molecular flexibility index (Phi) is 5.21. The van der Waals surface area contributed by atoms with E-state index in [1.54, 1.807) is 12.1 Å².